The summed E-state index contributed by atoms with van der Waals surface area (Å²) in [4.78, 5) is 12.3. The smallest absolute Gasteiger partial charge is 0.220 e. The van der Waals surface area contributed by atoms with Crippen LogP contribution in [-0.2, 0) is 4.79 Å². The van der Waals surface area contributed by atoms with E-state index >= 15 is 0 Å². The maximum Gasteiger partial charge on any atom is 0.220 e. The zero-order valence-corrected chi connectivity index (χ0v) is 36.7. The van der Waals surface area contributed by atoms with Crippen molar-refractivity contribution in [3.05, 3.63) is 60.8 Å². The van der Waals surface area contributed by atoms with E-state index in [1.165, 1.54) is 161 Å². The third-order valence-corrected chi connectivity index (χ3v) is 10.7. The molecular formula is C51H93NO3. The minimum atomic E-state index is -0.878. The Balaban J connectivity index is 3.57. The Hall–Kier alpha value is -1.91. The highest BCUT2D eigenvalue weighted by Gasteiger charge is 2.17. The van der Waals surface area contributed by atoms with Crippen LogP contribution < -0.4 is 5.32 Å². The Morgan fingerprint density at radius 2 is 0.800 bits per heavy atom. The average Bonchev–Trinajstić information content (AvgIpc) is 3.19. The van der Waals surface area contributed by atoms with Crippen LogP contribution in [0.2, 0.25) is 0 Å². The molecule has 0 saturated heterocycles. The average molecular weight is 768 g/mol. The van der Waals surface area contributed by atoms with E-state index in [4.69, 9.17) is 0 Å². The van der Waals surface area contributed by atoms with Gasteiger partial charge in [0.1, 0.15) is 0 Å². The van der Waals surface area contributed by atoms with E-state index in [0.717, 1.165) is 57.8 Å². The summed E-state index contributed by atoms with van der Waals surface area (Å²) in [6, 6.07) is -0.654. The Labute approximate surface area is 343 Å². The van der Waals surface area contributed by atoms with Crippen molar-refractivity contribution >= 4 is 5.91 Å². The fraction of sp³-hybridized carbons (Fsp3) is 0.784. The van der Waals surface area contributed by atoms with Crippen LogP contribution in [-0.4, -0.2) is 34.9 Å². The molecule has 320 valence electrons. The van der Waals surface area contributed by atoms with Gasteiger partial charge in [0, 0.05) is 6.42 Å². The number of aliphatic hydroxyl groups is 2. The molecule has 0 saturated carbocycles. The van der Waals surface area contributed by atoms with Crippen LogP contribution in [0.3, 0.4) is 0 Å². The Morgan fingerprint density at radius 3 is 1.24 bits per heavy atom. The first-order valence-corrected chi connectivity index (χ1v) is 24.0. The summed E-state index contributed by atoms with van der Waals surface area (Å²) >= 11 is 0. The standard InChI is InChI=1S/C51H93NO3/c1-3-5-7-9-11-13-15-17-18-19-20-21-22-23-24-25-26-27-28-29-30-31-32-33-35-36-38-40-42-44-46-50(54)49(48-53)52-51(55)47-45-43-41-39-37-34-16-14-12-10-8-6-4-2/h8,10,14,16,31-32,36,38,44,46,49-50,53-54H,3-7,9,11-13,15,17-30,33-35,37,39-43,45,47-48H2,1-2H3,(H,52,55)/b10-8-,16-14-,32-31+,38-36+,46-44+. The number of unbranched alkanes of at least 4 members (excludes halogenated alkanes) is 28. The second kappa shape index (κ2) is 46.5. The largest absolute Gasteiger partial charge is 0.394 e. The predicted molar refractivity (Wildman–Crippen MR) is 244 cm³/mol. The van der Waals surface area contributed by atoms with Crippen LogP contribution in [0.1, 0.15) is 239 Å². The third kappa shape index (κ3) is 43.1. The first kappa shape index (κ1) is 53.1. The van der Waals surface area contributed by atoms with Gasteiger partial charge < -0.3 is 15.5 Å². The van der Waals surface area contributed by atoms with E-state index < -0.39 is 12.1 Å². The maximum absolute atomic E-state index is 12.3. The van der Waals surface area contributed by atoms with Crippen molar-refractivity contribution in [1.82, 2.24) is 5.32 Å². The van der Waals surface area contributed by atoms with Crippen molar-refractivity contribution in [3.63, 3.8) is 0 Å². The quantitative estimate of drug-likeness (QED) is 0.0427. The summed E-state index contributed by atoms with van der Waals surface area (Å²) < 4.78 is 0. The van der Waals surface area contributed by atoms with E-state index in [2.05, 4.69) is 67.8 Å². The molecule has 0 aliphatic rings. The van der Waals surface area contributed by atoms with Crippen LogP contribution in [0, 0.1) is 0 Å². The SMILES string of the molecule is CCC/C=C\C/C=C\CCCCCCCC(=O)NC(CO)C(O)/C=C/CC/C=C/CC/C=C/CCCCCCCCCCCCCCCCCCCCCC. The number of rotatable bonds is 43. The molecule has 0 aliphatic heterocycles. The van der Waals surface area contributed by atoms with E-state index in [1.807, 2.05) is 6.08 Å². The summed E-state index contributed by atoms with van der Waals surface area (Å²) in [7, 11) is 0. The highest BCUT2D eigenvalue weighted by molar-refractivity contribution is 5.76. The number of carbonyl (C=O) groups is 1. The molecule has 0 heterocycles. The Morgan fingerprint density at radius 1 is 0.436 bits per heavy atom. The van der Waals surface area contributed by atoms with Gasteiger partial charge in [0.05, 0.1) is 18.8 Å². The summed E-state index contributed by atoms with van der Waals surface area (Å²) in [5.74, 6) is -0.0942. The number of aliphatic hydroxyl groups excluding tert-OH is 2. The van der Waals surface area contributed by atoms with Gasteiger partial charge in [0.2, 0.25) is 5.91 Å². The van der Waals surface area contributed by atoms with Gasteiger partial charge in [-0.05, 0) is 70.6 Å². The molecule has 3 N–H and O–H groups in total. The van der Waals surface area contributed by atoms with Crippen molar-refractivity contribution in [2.45, 2.75) is 251 Å². The van der Waals surface area contributed by atoms with Crippen LogP contribution in [0.5, 0.6) is 0 Å². The zero-order valence-electron chi connectivity index (χ0n) is 36.7. The highest BCUT2D eigenvalue weighted by atomic mass is 16.3. The monoisotopic (exact) mass is 768 g/mol. The fourth-order valence-electron chi connectivity index (χ4n) is 7.01. The van der Waals surface area contributed by atoms with Crippen molar-refractivity contribution in [2.75, 3.05) is 6.61 Å². The van der Waals surface area contributed by atoms with Crippen molar-refractivity contribution in [1.29, 1.82) is 0 Å². The molecule has 2 atom stereocenters. The van der Waals surface area contributed by atoms with Gasteiger partial charge in [-0.25, -0.2) is 0 Å². The van der Waals surface area contributed by atoms with E-state index in [9.17, 15) is 15.0 Å². The lowest BCUT2D eigenvalue weighted by Crippen LogP contribution is -2.45. The van der Waals surface area contributed by atoms with Crippen molar-refractivity contribution in [2.24, 2.45) is 0 Å². The number of hydrogen-bond donors (Lipinski definition) is 3. The van der Waals surface area contributed by atoms with Crippen LogP contribution >= 0.6 is 0 Å². The van der Waals surface area contributed by atoms with Crippen molar-refractivity contribution < 1.29 is 15.0 Å². The molecule has 0 aliphatic carbocycles. The van der Waals surface area contributed by atoms with E-state index in [-0.39, 0.29) is 12.5 Å². The minimum Gasteiger partial charge on any atom is -0.394 e. The molecule has 0 aromatic carbocycles. The Bertz CT molecular complexity index is 919. The van der Waals surface area contributed by atoms with Gasteiger partial charge >= 0.3 is 0 Å². The van der Waals surface area contributed by atoms with Gasteiger partial charge in [0.25, 0.3) is 0 Å². The third-order valence-electron chi connectivity index (χ3n) is 10.7. The Kier molecular flexibility index (Phi) is 44.9. The number of allylic oxidation sites excluding steroid dienone is 9. The molecule has 2 unspecified atom stereocenters. The lowest BCUT2D eigenvalue weighted by molar-refractivity contribution is -0.123. The van der Waals surface area contributed by atoms with Crippen LogP contribution in [0.25, 0.3) is 0 Å². The van der Waals surface area contributed by atoms with Gasteiger partial charge in [0.15, 0.2) is 0 Å². The number of nitrogens with one attached hydrogen (secondary N) is 1. The van der Waals surface area contributed by atoms with E-state index in [0.29, 0.717) is 6.42 Å². The summed E-state index contributed by atoms with van der Waals surface area (Å²) in [5, 5.41) is 23.0. The first-order chi connectivity index (χ1) is 27.2. The molecule has 55 heavy (non-hydrogen) atoms. The molecule has 0 rings (SSSR count). The minimum absolute atomic E-state index is 0.0942. The van der Waals surface area contributed by atoms with Gasteiger partial charge in [-0.2, -0.15) is 0 Å². The lowest BCUT2D eigenvalue weighted by Gasteiger charge is -2.19. The number of hydrogen-bond acceptors (Lipinski definition) is 3. The number of amides is 1. The van der Waals surface area contributed by atoms with Gasteiger partial charge in [-0.1, -0.05) is 222 Å². The van der Waals surface area contributed by atoms with Gasteiger partial charge in [-0.15, -0.1) is 0 Å². The summed E-state index contributed by atoms with van der Waals surface area (Å²) in [6.45, 7) is 4.22. The molecular weight excluding hydrogens is 675 g/mol. The molecule has 0 aromatic rings. The maximum atomic E-state index is 12.3. The van der Waals surface area contributed by atoms with Crippen molar-refractivity contribution in [3.8, 4) is 0 Å². The predicted octanol–water partition coefficient (Wildman–Crippen LogP) is 15.3. The topological polar surface area (TPSA) is 69.6 Å². The lowest BCUT2D eigenvalue weighted by atomic mass is 10.0. The van der Waals surface area contributed by atoms with E-state index in [1.54, 1.807) is 6.08 Å². The molecule has 0 spiro atoms. The first-order valence-electron chi connectivity index (χ1n) is 24.0. The molecule has 0 radical (unpaired) electrons. The second-order valence-corrected chi connectivity index (χ2v) is 16.2. The number of carbonyl (C=O) groups excluding carboxylic acids is 1. The molecule has 0 aromatic heterocycles. The molecule has 4 heteroatoms. The van der Waals surface area contributed by atoms with Crippen LogP contribution in [0.15, 0.2) is 60.8 Å². The van der Waals surface area contributed by atoms with Crippen LogP contribution in [0.4, 0.5) is 0 Å². The molecule has 0 bridgehead atoms. The summed E-state index contributed by atoms with van der Waals surface area (Å²) in [5.41, 5.74) is 0. The normalized spacial score (nSPS) is 13.5. The fourth-order valence-corrected chi connectivity index (χ4v) is 7.01. The summed E-state index contributed by atoms with van der Waals surface area (Å²) in [6.07, 6.45) is 65.0. The molecule has 1 amide bonds. The van der Waals surface area contributed by atoms with Gasteiger partial charge in [-0.3, -0.25) is 4.79 Å². The molecule has 4 nitrogen and oxygen atoms in total. The second-order valence-electron chi connectivity index (χ2n) is 16.2. The molecule has 0 fully saturated rings. The highest BCUT2D eigenvalue weighted by Crippen LogP contribution is 2.15. The zero-order chi connectivity index (χ0) is 40.0.